The predicted octanol–water partition coefficient (Wildman–Crippen LogP) is 1.98. The molecule has 0 bridgehead atoms. The molecular weight excluding hydrogens is 218 g/mol. The van der Waals surface area contributed by atoms with Crippen LogP contribution in [0.1, 0.15) is 19.4 Å². The molecule has 0 fully saturated rings. The van der Waals surface area contributed by atoms with E-state index < -0.39 is 0 Å². The minimum atomic E-state index is -0.243. The van der Waals surface area contributed by atoms with Gasteiger partial charge in [-0.3, -0.25) is 4.79 Å². The second kappa shape index (κ2) is 4.28. The van der Waals surface area contributed by atoms with E-state index in [-0.39, 0.29) is 18.0 Å². The molecule has 4 nitrogen and oxygen atoms in total. The maximum absolute atomic E-state index is 11.2. The summed E-state index contributed by atoms with van der Waals surface area (Å²) in [6.07, 6.45) is 0.271. The summed E-state index contributed by atoms with van der Waals surface area (Å²) in [5, 5.41) is 3.31. The minimum Gasteiger partial charge on any atom is -0.484 e. The maximum atomic E-state index is 11.2. The van der Waals surface area contributed by atoms with Crippen molar-refractivity contribution in [2.45, 2.75) is 25.9 Å². The molecule has 0 spiro atoms. The Bertz CT molecular complexity index is 440. The van der Waals surface area contributed by atoms with Crippen LogP contribution in [0.25, 0.3) is 0 Å². The van der Waals surface area contributed by atoms with Crippen molar-refractivity contribution in [3.63, 3.8) is 0 Å². The Morgan fingerprint density at radius 1 is 1.53 bits per heavy atom. The molecule has 1 aliphatic heterocycles. The fraction of sp³-hybridized carbons (Fsp3) is 0.462. The van der Waals surface area contributed by atoms with Crippen LogP contribution in [0.3, 0.4) is 0 Å². The number of carbonyl (C=O) groups excluding carboxylic acids is 1. The van der Waals surface area contributed by atoms with Gasteiger partial charge in [-0.25, -0.2) is 0 Å². The van der Waals surface area contributed by atoms with E-state index in [2.05, 4.69) is 10.1 Å². The molecule has 0 saturated heterocycles. The fourth-order valence-electron chi connectivity index (χ4n) is 1.79. The van der Waals surface area contributed by atoms with Gasteiger partial charge in [0.05, 0.1) is 25.8 Å². The Morgan fingerprint density at radius 2 is 2.29 bits per heavy atom. The second-order valence-corrected chi connectivity index (χ2v) is 4.80. The van der Waals surface area contributed by atoms with Gasteiger partial charge in [-0.15, -0.1) is 0 Å². The third-order valence-corrected chi connectivity index (χ3v) is 2.71. The summed E-state index contributed by atoms with van der Waals surface area (Å²) in [6.45, 7) is 4.82. The van der Waals surface area contributed by atoms with Crippen molar-refractivity contribution in [3.05, 3.63) is 23.8 Å². The first-order valence-electron chi connectivity index (χ1n) is 5.63. The maximum Gasteiger partial charge on any atom is 0.309 e. The highest BCUT2D eigenvalue weighted by Crippen LogP contribution is 2.33. The summed E-state index contributed by atoms with van der Waals surface area (Å²) in [5.74, 6) is 0.552. The molecule has 1 aromatic carbocycles. The lowest BCUT2D eigenvalue weighted by Crippen LogP contribution is -2.40. The number of anilines is 1. The van der Waals surface area contributed by atoms with Crippen LogP contribution in [0.5, 0.6) is 5.75 Å². The molecule has 2 rings (SSSR count). The van der Waals surface area contributed by atoms with Gasteiger partial charge >= 0.3 is 5.97 Å². The van der Waals surface area contributed by atoms with Gasteiger partial charge in [-0.2, -0.15) is 0 Å². The lowest BCUT2D eigenvalue weighted by atomic mass is 10.1. The van der Waals surface area contributed by atoms with Crippen LogP contribution in [0.2, 0.25) is 0 Å². The zero-order valence-corrected chi connectivity index (χ0v) is 10.4. The first-order chi connectivity index (χ1) is 8.00. The highest BCUT2D eigenvalue weighted by Gasteiger charge is 2.26. The number of hydrogen-bond acceptors (Lipinski definition) is 4. The number of benzene rings is 1. The molecule has 92 valence electrons. The largest absolute Gasteiger partial charge is 0.484 e. The lowest BCUT2D eigenvalue weighted by Gasteiger charge is -2.33. The van der Waals surface area contributed by atoms with Crippen molar-refractivity contribution < 1.29 is 14.3 Å². The Morgan fingerprint density at radius 3 is 3.00 bits per heavy atom. The van der Waals surface area contributed by atoms with Crippen LogP contribution in [0, 0.1) is 0 Å². The molecule has 0 unspecified atom stereocenters. The molecular formula is C13H17NO3. The average Bonchev–Trinajstić information content (AvgIpc) is 2.27. The van der Waals surface area contributed by atoms with E-state index in [1.165, 1.54) is 7.11 Å². The molecule has 1 aromatic rings. The molecule has 1 N–H and O–H groups in total. The van der Waals surface area contributed by atoms with Crippen LogP contribution < -0.4 is 10.1 Å². The average molecular weight is 235 g/mol. The number of ether oxygens (including phenoxy) is 2. The molecule has 0 atom stereocenters. The number of nitrogens with one attached hydrogen (secondary N) is 1. The smallest absolute Gasteiger partial charge is 0.309 e. The molecule has 0 amide bonds. The van der Waals surface area contributed by atoms with Crippen LogP contribution in [-0.4, -0.2) is 25.2 Å². The highest BCUT2D eigenvalue weighted by atomic mass is 16.5. The van der Waals surface area contributed by atoms with Crippen molar-refractivity contribution >= 4 is 11.7 Å². The quantitative estimate of drug-likeness (QED) is 0.796. The van der Waals surface area contributed by atoms with E-state index >= 15 is 0 Å². The van der Waals surface area contributed by atoms with Gasteiger partial charge in [0.1, 0.15) is 11.4 Å². The van der Waals surface area contributed by atoms with E-state index in [1.54, 1.807) is 0 Å². The number of fused-ring (bicyclic) bond motifs is 1. The van der Waals surface area contributed by atoms with Crippen LogP contribution >= 0.6 is 0 Å². The van der Waals surface area contributed by atoms with Gasteiger partial charge in [0.25, 0.3) is 0 Å². The van der Waals surface area contributed by atoms with Crippen LogP contribution in [-0.2, 0) is 16.0 Å². The first-order valence-corrected chi connectivity index (χ1v) is 5.63. The number of rotatable bonds is 2. The summed E-state index contributed by atoms with van der Waals surface area (Å²) in [5.41, 5.74) is 1.64. The molecule has 4 heteroatoms. The van der Waals surface area contributed by atoms with Gasteiger partial charge in [0.2, 0.25) is 0 Å². The van der Waals surface area contributed by atoms with Crippen LogP contribution in [0.15, 0.2) is 18.2 Å². The lowest BCUT2D eigenvalue weighted by molar-refractivity contribution is -0.139. The zero-order chi connectivity index (χ0) is 12.5. The van der Waals surface area contributed by atoms with Gasteiger partial charge in [-0.05, 0) is 31.5 Å². The van der Waals surface area contributed by atoms with Gasteiger partial charge in [0.15, 0.2) is 0 Å². The van der Waals surface area contributed by atoms with Gasteiger partial charge in [-0.1, -0.05) is 6.07 Å². The Kier molecular flexibility index (Phi) is 2.96. The third-order valence-electron chi connectivity index (χ3n) is 2.71. The highest BCUT2D eigenvalue weighted by molar-refractivity contribution is 5.73. The number of carbonyl (C=O) groups is 1. The summed E-state index contributed by atoms with van der Waals surface area (Å²) in [4.78, 5) is 11.2. The van der Waals surface area contributed by atoms with Crippen molar-refractivity contribution in [1.29, 1.82) is 0 Å². The number of hydrogen-bond donors (Lipinski definition) is 1. The SMILES string of the molecule is COC(=O)Cc1ccc2c(c1)OC(C)(C)CN2. The summed E-state index contributed by atoms with van der Waals surface area (Å²) >= 11 is 0. The molecule has 17 heavy (non-hydrogen) atoms. The minimum absolute atomic E-state index is 0.225. The van der Waals surface area contributed by atoms with E-state index in [0.29, 0.717) is 0 Å². The molecule has 0 saturated carbocycles. The summed E-state index contributed by atoms with van der Waals surface area (Å²) in [6, 6.07) is 5.73. The van der Waals surface area contributed by atoms with E-state index in [1.807, 2.05) is 32.0 Å². The molecule has 0 aromatic heterocycles. The van der Waals surface area contributed by atoms with Crippen molar-refractivity contribution in [2.24, 2.45) is 0 Å². The Hall–Kier alpha value is -1.71. The number of esters is 1. The Labute approximate surface area is 101 Å². The van der Waals surface area contributed by atoms with Crippen molar-refractivity contribution in [1.82, 2.24) is 0 Å². The monoisotopic (exact) mass is 235 g/mol. The van der Waals surface area contributed by atoms with Gasteiger partial charge < -0.3 is 14.8 Å². The topological polar surface area (TPSA) is 47.6 Å². The molecule has 1 aliphatic rings. The van der Waals surface area contributed by atoms with Crippen molar-refractivity contribution in [3.8, 4) is 5.75 Å². The van der Waals surface area contributed by atoms with E-state index in [4.69, 9.17) is 4.74 Å². The zero-order valence-electron chi connectivity index (χ0n) is 10.4. The standard InChI is InChI=1S/C13H17NO3/c1-13(2)8-14-10-5-4-9(6-11(10)17-13)7-12(15)16-3/h4-6,14H,7-8H2,1-3H3. The van der Waals surface area contributed by atoms with E-state index in [9.17, 15) is 4.79 Å². The molecule has 0 radical (unpaired) electrons. The normalized spacial score (nSPS) is 16.4. The second-order valence-electron chi connectivity index (χ2n) is 4.80. The van der Waals surface area contributed by atoms with Crippen molar-refractivity contribution in [2.75, 3.05) is 19.0 Å². The first kappa shape index (κ1) is 11.8. The van der Waals surface area contributed by atoms with E-state index in [0.717, 1.165) is 23.5 Å². The number of methoxy groups -OCH3 is 1. The molecule has 0 aliphatic carbocycles. The summed E-state index contributed by atoms with van der Waals surface area (Å²) < 4.78 is 10.5. The Balaban J connectivity index is 2.21. The molecule has 1 heterocycles. The third kappa shape index (κ3) is 2.70. The predicted molar refractivity (Wildman–Crippen MR) is 65.4 cm³/mol. The fourth-order valence-corrected chi connectivity index (χ4v) is 1.79. The van der Waals surface area contributed by atoms with Crippen LogP contribution in [0.4, 0.5) is 5.69 Å². The van der Waals surface area contributed by atoms with Gasteiger partial charge in [0, 0.05) is 0 Å². The summed E-state index contributed by atoms with van der Waals surface area (Å²) in [7, 11) is 1.39.